The molecule has 0 radical (unpaired) electrons. The number of aryl methyl sites for hydroxylation is 1. The van der Waals surface area contributed by atoms with Crippen molar-refractivity contribution < 1.29 is 0 Å². The van der Waals surface area contributed by atoms with Crippen LogP contribution < -0.4 is 10.9 Å². The van der Waals surface area contributed by atoms with Gasteiger partial charge >= 0.3 is 0 Å². The summed E-state index contributed by atoms with van der Waals surface area (Å²) in [6, 6.07) is 9.18. The molecule has 17 heavy (non-hydrogen) atoms. The van der Waals surface area contributed by atoms with Crippen molar-refractivity contribution in [3.8, 4) is 0 Å². The molecule has 2 N–H and O–H groups in total. The van der Waals surface area contributed by atoms with E-state index < -0.39 is 0 Å². The minimum absolute atomic E-state index is 0.574. The summed E-state index contributed by atoms with van der Waals surface area (Å²) in [6.45, 7) is 0. The fourth-order valence-corrected chi connectivity index (χ4v) is 3.58. The smallest absolute Gasteiger partial charge is 0.0552 e. The first kappa shape index (κ1) is 11.1. The molecule has 92 valence electrons. The van der Waals surface area contributed by atoms with E-state index >= 15 is 0 Å². The van der Waals surface area contributed by atoms with E-state index in [4.69, 9.17) is 5.84 Å². The Bertz CT molecular complexity index is 382. The molecule has 1 aromatic rings. The van der Waals surface area contributed by atoms with Gasteiger partial charge in [0.1, 0.15) is 0 Å². The van der Waals surface area contributed by atoms with Gasteiger partial charge in [0.15, 0.2) is 0 Å². The molecule has 1 saturated carbocycles. The maximum atomic E-state index is 6.35. The zero-order valence-electron chi connectivity index (χ0n) is 10.4. The van der Waals surface area contributed by atoms with Gasteiger partial charge in [-0.2, -0.15) is 0 Å². The Hall–Kier alpha value is -1.02. The second-order valence-electron chi connectivity index (χ2n) is 5.54. The van der Waals surface area contributed by atoms with Gasteiger partial charge in [-0.1, -0.05) is 37.5 Å². The van der Waals surface area contributed by atoms with E-state index in [9.17, 15) is 0 Å². The number of nitrogens with two attached hydrogens (primary N) is 1. The quantitative estimate of drug-likeness (QED) is 0.750. The van der Waals surface area contributed by atoms with Gasteiger partial charge in [0, 0.05) is 6.04 Å². The van der Waals surface area contributed by atoms with E-state index in [0.717, 1.165) is 5.92 Å². The van der Waals surface area contributed by atoms with Crippen LogP contribution in [0.15, 0.2) is 24.3 Å². The largest absolute Gasteiger partial charge is 0.307 e. The lowest BCUT2D eigenvalue weighted by molar-refractivity contribution is 0.278. The summed E-state index contributed by atoms with van der Waals surface area (Å²) in [5.74, 6) is 7.18. The lowest BCUT2D eigenvalue weighted by atomic mass is 9.80. The standard InChI is InChI=1S/C15H22N2/c16-17-14-9-5-4-8-13(14)10-11-15(17)12-6-2-1-3-7-12/h4-5,8-9,12,15H,1-3,6-7,10-11,16H2/t15-/m1/s1. The van der Waals surface area contributed by atoms with Crippen molar-refractivity contribution in [3.05, 3.63) is 29.8 Å². The van der Waals surface area contributed by atoms with Crippen LogP contribution in [-0.2, 0) is 6.42 Å². The van der Waals surface area contributed by atoms with Crippen LogP contribution in [0.4, 0.5) is 5.69 Å². The molecule has 2 heteroatoms. The average Bonchev–Trinajstić information content (AvgIpc) is 2.40. The lowest BCUT2D eigenvalue weighted by Crippen LogP contribution is -2.49. The number of benzene rings is 1. The van der Waals surface area contributed by atoms with E-state index in [0.29, 0.717) is 6.04 Å². The molecule has 0 amide bonds. The first-order valence-corrected chi connectivity index (χ1v) is 6.98. The van der Waals surface area contributed by atoms with Crippen molar-refractivity contribution in [3.63, 3.8) is 0 Å². The highest BCUT2D eigenvalue weighted by Crippen LogP contribution is 2.36. The summed E-state index contributed by atoms with van der Waals surface area (Å²) >= 11 is 0. The molecule has 1 aliphatic heterocycles. The summed E-state index contributed by atoms with van der Waals surface area (Å²) in [5.41, 5.74) is 2.68. The van der Waals surface area contributed by atoms with Crippen molar-refractivity contribution in [2.45, 2.75) is 51.0 Å². The van der Waals surface area contributed by atoms with Gasteiger partial charge in [0.25, 0.3) is 0 Å². The Morgan fingerprint density at radius 3 is 2.59 bits per heavy atom. The topological polar surface area (TPSA) is 29.3 Å². The summed E-state index contributed by atoms with van der Waals surface area (Å²) in [4.78, 5) is 0. The van der Waals surface area contributed by atoms with E-state index in [1.807, 2.05) is 0 Å². The van der Waals surface area contributed by atoms with Gasteiger partial charge < -0.3 is 5.01 Å². The van der Waals surface area contributed by atoms with Crippen LogP contribution in [0.5, 0.6) is 0 Å². The fraction of sp³-hybridized carbons (Fsp3) is 0.600. The third-order valence-electron chi connectivity index (χ3n) is 4.53. The Morgan fingerprint density at radius 1 is 1.00 bits per heavy atom. The number of fused-ring (bicyclic) bond motifs is 1. The van der Waals surface area contributed by atoms with E-state index in [2.05, 4.69) is 29.3 Å². The van der Waals surface area contributed by atoms with Crippen LogP contribution in [0, 0.1) is 5.92 Å². The molecule has 0 unspecified atom stereocenters. The summed E-state index contributed by atoms with van der Waals surface area (Å²) in [6.07, 6.45) is 9.40. The molecule has 1 aliphatic carbocycles. The van der Waals surface area contributed by atoms with E-state index in [-0.39, 0.29) is 0 Å². The second-order valence-corrected chi connectivity index (χ2v) is 5.54. The van der Waals surface area contributed by atoms with Crippen LogP contribution in [-0.4, -0.2) is 6.04 Å². The fourth-order valence-electron chi connectivity index (χ4n) is 3.58. The highest BCUT2D eigenvalue weighted by molar-refractivity contribution is 5.55. The summed E-state index contributed by atoms with van der Waals surface area (Å²) in [7, 11) is 0. The van der Waals surface area contributed by atoms with Crippen LogP contribution in [0.2, 0.25) is 0 Å². The molecule has 1 heterocycles. The predicted molar refractivity (Wildman–Crippen MR) is 71.8 cm³/mol. The molecule has 1 aromatic carbocycles. The zero-order valence-corrected chi connectivity index (χ0v) is 10.4. The van der Waals surface area contributed by atoms with Gasteiger partial charge in [-0.25, -0.2) is 5.84 Å². The second kappa shape index (κ2) is 4.69. The Kier molecular flexibility index (Phi) is 3.06. The van der Waals surface area contributed by atoms with Crippen molar-refractivity contribution in [2.75, 3.05) is 5.01 Å². The molecule has 1 atom stereocenters. The van der Waals surface area contributed by atoms with Crippen molar-refractivity contribution in [2.24, 2.45) is 11.8 Å². The SMILES string of the molecule is NN1c2ccccc2CC[C@@H]1C1CCCCC1. The minimum Gasteiger partial charge on any atom is -0.307 e. The van der Waals surface area contributed by atoms with Gasteiger partial charge in [-0.05, 0) is 43.2 Å². The Labute approximate surface area is 104 Å². The van der Waals surface area contributed by atoms with Crippen molar-refractivity contribution >= 4 is 5.69 Å². The molecule has 0 spiro atoms. The zero-order chi connectivity index (χ0) is 11.7. The molecule has 0 saturated heterocycles. The molecule has 1 fully saturated rings. The minimum atomic E-state index is 0.574. The van der Waals surface area contributed by atoms with Gasteiger partial charge in [-0.3, -0.25) is 0 Å². The third kappa shape index (κ3) is 2.06. The van der Waals surface area contributed by atoms with Gasteiger partial charge in [0.05, 0.1) is 5.69 Å². The lowest BCUT2D eigenvalue weighted by Gasteiger charge is -2.41. The average molecular weight is 230 g/mol. The molecule has 2 aliphatic rings. The van der Waals surface area contributed by atoms with Gasteiger partial charge in [0.2, 0.25) is 0 Å². The van der Waals surface area contributed by atoms with Crippen molar-refractivity contribution in [1.29, 1.82) is 0 Å². The number of hydrogen-bond donors (Lipinski definition) is 1. The molecule has 3 rings (SSSR count). The van der Waals surface area contributed by atoms with Crippen LogP contribution >= 0.6 is 0 Å². The number of para-hydroxylation sites is 1. The number of rotatable bonds is 1. The normalized spacial score (nSPS) is 25.7. The Morgan fingerprint density at radius 2 is 1.76 bits per heavy atom. The van der Waals surface area contributed by atoms with Gasteiger partial charge in [-0.15, -0.1) is 0 Å². The molecular weight excluding hydrogens is 208 g/mol. The predicted octanol–water partition coefficient (Wildman–Crippen LogP) is 3.26. The van der Waals surface area contributed by atoms with Crippen LogP contribution in [0.25, 0.3) is 0 Å². The summed E-state index contributed by atoms with van der Waals surface area (Å²) < 4.78 is 0. The summed E-state index contributed by atoms with van der Waals surface area (Å²) in [5, 5.41) is 2.06. The van der Waals surface area contributed by atoms with Crippen LogP contribution in [0.1, 0.15) is 44.1 Å². The third-order valence-corrected chi connectivity index (χ3v) is 4.53. The number of anilines is 1. The molecule has 2 nitrogen and oxygen atoms in total. The maximum absolute atomic E-state index is 6.35. The Balaban J connectivity index is 1.81. The highest BCUT2D eigenvalue weighted by Gasteiger charge is 2.31. The number of hydrogen-bond acceptors (Lipinski definition) is 2. The molecule has 0 bridgehead atoms. The highest BCUT2D eigenvalue weighted by atomic mass is 15.4. The first-order chi connectivity index (χ1) is 8.36. The maximum Gasteiger partial charge on any atom is 0.0552 e. The van der Waals surface area contributed by atoms with Crippen molar-refractivity contribution in [1.82, 2.24) is 0 Å². The van der Waals surface area contributed by atoms with Crippen LogP contribution in [0.3, 0.4) is 0 Å². The monoisotopic (exact) mass is 230 g/mol. The van der Waals surface area contributed by atoms with E-state index in [1.54, 1.807) is 0 Å². The number of hydrazine groups is 1. The molecular formula is C15H22N2. The molecule has 0 aromatic heterocycles. The van der Waals surface area contributed by atoms with E-state index in [1.165, 1.54) is 56.2 Å². The number of nitrogens with zero attached hydrogens (tertiary/aromatic N) is 1. The first-order valence-electron chi connectivity index (χ1n) is 6.98.